The molecule has 0 spiro atoms. The molecule has 1 aromatic rings. The number of ether oxygens (including phenoxy) is 1. The molecule has 0 saturated heterocycles. The maximum Gasteiger partial charge on any atom is 0.329 e. The fraction of sp³-hybridized carbons (Fsp3) is 0.500. The molecule has 2 N–H and O–H groups in total. The molecule has 25 heavy (non-hydrogen) atoms. The molecule has 0 aliphatic heterocycles. The quantitative estimate of drug-likeness (QED) is 0.703. The molecule has 1 rings (SSSR count). The Labute approximate surface area is 156 Å². The van der Waals surface area contributed by atoms with Gasteiger partial charge in [0.2, 0.25) is 0 Å². The Morgan fingerprint density at radius 3 is 2.16 bits per heavy atom. The van der Waals surface area contributed by atoms with E-state index in [4.69, 9.17) is 4.74 Å². The molecule has 0 aliphatic rings. The number of carbonyl (C=O) groups excluding carboxylic acids is 3. The highest BCUT2D eigenvalue weighted by Crippen LogP contribution is 2.12. The predicted molar refractivity (Wildman–Crippen MR) is 99.1 cm³/mol. The van der Waals surface area contributed by atoms with Crippen LogP contribution in [0.25, 0.3) is 0 Å². The molecule has 1 atom stereocenters. The summed E-state index contributed by atoms with van der Waals surface area (Å²) < 4.78 is 5.91. The van der Waals surface area contributed by atoms with Gasteiger partial charge in [0.1, 0.15) is 6.04 Å². The van der Waals surface area contributed by atoms with E-state index in [-0.39, 0.29) is 24.3 Å². The lowest BCUT2D eigenvalue weighted by atomic mass is 10.0. The lowest BCUT2D eigenvalue weighted by Gasteiger charge is -2.23. The van der Waals surface area contributed by atoms with Gasteiger partial charge in [-0.1, -0.05) is 29.8 Å². The zero-order chi connectivity index (χ0) is 19.2. The average Bonchev–Trinajstić information content (AvgIpc) is 2.48. The van der Waals surface area contributed by atoms with Crippen LogP contribution in [0.3, 0.4) is 0 Å². The normalized spacial score (nSPS) is 12.4. The predicted octanol–water partition coefficient (Wildman–Crippen LogP) is 2.66. The van der Waals surface area contributed by atoms with Crippen LogP contribution in [0.2, 0.25) is 0 Å². The summed E-state index contributed by atoms with van der Waals surface area (Å²) in [5, 5.41) is 5.37. The van der Waals surface area contributed by atoms with E-state index in [2.05, 4.69) is 26.6 Å². The summed E-state index contributed by atoms with van der Waals surface area (Å²) in [4.78, 5) is 36.3. The molecule has 0 fully saturated rings. The number of halogens is 1. The highest BCUT2D eigenvalue weighted by Gasteiger charge is 2.27. The molecular weight excluding hydrogens is 388 g/mol. The van der Waals surface area contributed by atoms with Crippen LogP contribution in [0, 0.1) is 5.92 Å². The largest absolute Gasteiger partial charge is 0.454 e. The van der Waals surface area contributed by atoms with Gasteiger partial charge >= 0.3 is 5.97 Å². The van der Waals surface area contributed by atoms with Crippen molar-refractivity contribution in [2.45, 2.75) is 46.2 Å². The Hall–Kier alpha value is -1.89. The molecule has 1 aromatic carbocycles. The number of hydrogen-bond acceptors (Lipinski definition) is 4. The smallest absolute Gasteiger partial charge is 0.329 e. The number of hydrogen-bond donors (Lipinski definition) is 2. The van der Waals surface area contributed by atoms with Crippen LogP contribution in [0.15, 0.2) is 28.7 Å². The van der Waals surface area contributed by atoms with Crippen LogP contribution in [-0.2, 0) is 14.3 Å². The minimum Gasteiger partial charge on any atom is -0.454 e. The van der Waals surface area contributed by atoms with Crippen molar-refractivity contribution in [1.82, 2.24) is 10.6 Å². The van der Waals surface area contributed by atoms with Gasteiger partial charge < -0.3 is 15.4 Å². The molecule has 0 heterocycles. The number of esters is 1. The fourth-order valence-corrected chi connectivity index (χ4v) is 2.27. The van der Waals surface area contributed by atoms with E-state index in [1.807, 2.05) is 20.8 Å². The summed E-state index contributed by atoms with van der Waals surface area (Å²) >= 11 is 3.30. The van der Waals surface area contributed by atoms with Gasteiger partial charge in [-0.05, 0) is 51.0 Å². The first kappa shape index (κ1) is 21.2. The second-order valence-corrected chi connectivity index (χ2v) is 8.02. The maximum atomic E-state index is 12.3. The Kier molecular flexibility index (Phi) is 7.60. The van der Waals surface area contributed by atoms with E-state index >= 15 is 0 Å². The lowest BCUT2D eigenvalue weighted by Crippen LogP contribution is -2.47. The van der Waals surface area contributed by atoms with Crippen LogP contribution in [0.1, 0.15) is 45.0 Å². The monoisotopic (exact) mass is 412 g/mol. The first-order valence-electron chi connectivity index (χ1n) is 8.03. The van der Waals surface area contributed by atoms with Crippen LogP contribution in [0.4, 0.5) is 0 Å². The number of nitrogens with one attached hydrogen (secondary N) is 2. The molecule has 0 bridgehead atoms. The molecular formula is C18H25BrN2O4. The van der Waals surface area contributed by atoms with E-state index < -0.39 is 17.6 Å². The van der Waals surface area contributed by atoms with E-state index in [0.717, 1.165) is 4.47 Å². The van der Waals surface area contributed by atoms with Gasteiger partial charge in [0, 0.05) is 15.6 Å². The summed E-state index contributed by atoms with van der Waals surface area (Å²) in [7, 11) is 0. The molecule has 138 valence electrons. The van der Waals surface area contributed by atoms with Crippen LogP contribution in [-0.4, -0.2) is 36.0 Å². The lowest BCUT2D eigenvalue weighted by molar-refractivity contribution is -0.151. The van der Waals surface area contributed by atoms with Gasteiger partial charge in [-0.25, -0.2) is 4.79 Å². The van der Waals surface area contributed by atoms with Gasteiger partial charge in [0.25, 0.3) is 11.8 Å². The van der Waals surface area contributed by atoms with Crippen molar-refractivity contribution in [2.24, 2.45) is 5.92 Å². The second-order valence-electron chi connectivity index (χ2n) is 7.11. The Balaban J connectivity index is 2.66. The number of carbonyl (C=O) groups is 3. The molecule has 0 aliphatic carbocycles. The third-order valence-corrected chi connectivity index (χ3v) is 3.70. The van der Waals surface area contributed by atoms with Crippen LogP contribution in [0.5, 0.6) is 0 Å². The Bertz CT molecular complexity index is 621. The van der Waals surface area contributed by atoms with Gasteiger partial charge in [0.15, 0.2) is 6.61 Å². The van der Waals surface area contributed by atoms with E-state index in [1.54, 1.807) is 38.1 Å². The Morgan fingerprint density at radius 2 is 1.68 bits per heavy atom. The van der Waals surface area contributed by atoms with Crippen molar-refractivity contribution < 1.29 is 19.1 Å². The van der Waals surface area contributed by atoms with Crippen LogP contribution >= 0.6 is 15.9 Å². The van der Waals surface area contributed by atoms with Crippen molar-refractivity contribution in [3.63, 3.8) is 0 Å². The SMILES string of the molecule is CC(C)[C@H](NC(=O)c1ccc(Br)cc1)C(=O)OCC(=O)NC(C)(C)C. The minimum absolute atomic E-state index is 0.183. The third-order valence-electron chi connectivity index (χ3n) is 3.17. The summed E-state index contributed by atoms with van der Waals surface area (Å²) in [6, 6.07) is 5.96. The fourth-order valence-electron chi connectivity index (χ4n) is 2.00. The molecule has 6 nitrogen and oxygen atoms in total. The molecule has 0 aromatic heterocycles. The van der Waals surface area contributed by atoms with Gasteiger partial charge in [-0.2, -0.15) is 0 Å². The topological polar surface area (TPSA) is 84.5 Å². The van der Waals surface area contributed by atoms with Crippen molar-refractivity contribution in [3.05, 3.63) is 34.3 Å². The molecule has 7 heteroatoms. The summed E-state index contributed by atoms with van der Waals surface area (Å²) in [5.41, 5.74) is 0.0311. The van der Waals surface area contributed by atoms with Crippen LogP contribution < -0.4 is 10.6 Å². The van der Waals surface area contributed by atoms with Crippen molar-refractivity contribution in [3.8, 4) is 0 Å². The van der Waals surface area contributed by atoms with Gasteiger partial charge in [-0.3, -0.25) is 9.59 Å². The third kappa shape index (κ3) is 7.69. The molecule has 2 amide bonds. The molecule has 0 radical (unpaired) electrons. The van der Waals surface area contributed by atoms with Crippen molar-refractivity contribution in [2.75, 3.05) is 6.61 Å². The van der Waals surface area contributed by atoms with Crippen molar-refractivity contribution in [1.29, 1.82) is 0 Å². The zero-order valence-corrected chi connectivity index (χ0v) is 16.8. The van der Waals surface area contributed by atoms with E-state index in [1.165, 1.54) is 0 Å². The number of benzene rings is 1. The highest BCUT2D eigenvalue weighted by atomic mass is 79.9. The summed E-state index contributed by atoms with van der Waals surface area (Å²) in [6.07, 6.45) is 0. The summed E-state index contributed by atoms with van der Waals surface area (Å²) in [6.45, 7) is 8.71. The number of amides is 2. The molecule has 0 unspecified atom stereocenters. The number of rotatable bonds is 6. The first-order chi connectivity index (χ1) is 11.5. The maximum absolute atomic E-state index is 12.3. The van der Waals surface area contributed by atoms with E-state index in [0.29, 0.717) is 5.56 Å². The highest BCUT2D eigenvalue weighted by molar-refractivity contribution is 9.10. The zero-order valence-electron chi connectivity index (χ0n) is 15.2. The van der Waals surface area contributed by atoms with E-state index in [9.17, 15) is 14.4 Å². The van der Waals surface area contributed by atoms with Crippen molar-refractivity contribution >= 4 is 33.7 Å². The van der Waals surface area contributed by atoms with Gasteiger partial charge in [-0.15, -0.1) is 0 Å². The standard InChI is InChI=1S/C18H25BrN2O4/c1-11(2)15(17(24)25-10-14(22)21-18(3,4)5)20-16(23)12-6-8-13(19)9-7-12/h6-9,11,15H,10H2,1-5H3,(H,20,23)(H,21,22)/t15-/m0/s1. The first-order valence-corrected chi connectivity index (χ1v) is 8.83. The average molecular weight is 413 g/mol. The minimum atomic E-state index is -0.835. The van der Waals surface area contributed by atoms with Gasteiger partial charge in [0.05, 0.1) is 0 Å². The second kappa shape index (κ2) is 8.99. The molecule has 0 saturated carbocycles. The summed E-state index contributed by atoms with van der Waals surface area (Å²) in [5.74, 6) is -1.58. The Morgan fingerprint density at radius 1 is 1.12 bits per heavy atom.